The molecule has 0 radical (unpaired) electrons. The summed E-state index contributed by atoms with van der Waals surface area (Å²) in [5, 5.41) is 3.16. The number of hydrogen-bond acceptors (Lipinski definition) is 2. The van der Waals surface area contributed by atoms with Gasteiger partial charge in [0.2, 0.25) is 5.91 Å². The van der Waals surface area contributed by atoms with Crippen molar-refractivity contribution in [1.29, 1.82) is 0 Å². The minimum Gasteiger partial charge on any atom is -0.411 e. The summed E-state index contributed by atoms with van der Waals surface area (Å²) in [6.45, 7) is 17.8. The summed E-state index contributed by atoms with van der Waals surface area (Å²) in [5.41, 5.74) is -0.0000926. The van der Waals surface area contributed by atoms with Gasteiger partial charge in [0.05, 0.1) is 12.1 Å². The van der Waals surface area contributed by atoms with E-state index in [1.807, 2.05) is 0 Å². The van der Waals surface area contributed by atoms with Gasteiger partial charge in [0.15, 0.2) is 8.32 Å². The van der Waals surface area contributed by atoms with E-state index < -0.39 is 8.32 Å². The maximum absolute atomic E-state index is 11.4. The second-order valence-electron chi connectivity index (χ2n) is 8.10. The minimum atomic E-state index is -1.85. The van der Waals surface area contributed by atoms with E-state index in [2.05, 4.69) is 75.9 Å². The Morgan fingerprint density at radius 2 is 1.68 bits per heavy atom. The Morgan fingerprint density at radius 1 is 1.21 bits per heavy atom. The molecule has 3 nitrogen and oxygen atoms in total. The van der Waals surface area contributed by atoms with Crippen molar-refractivity contribution in [2.75, 3.05) is 0 Å². The summed E-state index contributed by atoms with van der Waals surface area (Å²) in [6.07, 6.45) is 0.0375. The van der Waals surface area contributed by atoms with Crippen LogP contribution >= 0.6 is 15.9 Å². The Kier molecular flexibility index (Phi) is 4.66. The molecule has 1 saturated heterocycles. The molecule has 0 saturated carbocycles. The summed E-state index contributed by atoms with van der Waals surface area (Å²) in [5.74, 6) is 0.0677. The zero-order chi connectivity index (χ0) is 15.2. The zero-order valence-electron chi connectivity index (χ0n) is 13.4. The van der Waals surface area contributed by atoms with Gasteiger partial charge < -0.3 is 9.74 Å². The molecule has 1 aliphatic heterocycles. The van der Waals surface area contributed by atoms with E-state index in [1.54, 1.807) is 0 Å². The molecule has 1 aliphatic rings. The van der Waals surface area contributed by atoms with Gasteiger partial charge in [-0.1, -0.05) is 57.5 Å². The van der Waals surface area contributed by atoms with Crippen LogP contribution in [0, 0.1) is 5.41 Å². The Bertz CT molecular complexity index is 357. The maximum atomic E-state index is 11.4. The molecule has 1 amide bonds. The SMILES string of the molecule is CC(C)(C)[C@H](O[Si](C)(C)C(C)(C)C)[C@@H]1NC(=O)[C@H]1Br. The summed E-state index contributed by atoms with van der Waals surface area (Å²) in [6, 6.07) is 0.0709. The van der Waals surface area contributed by atoms with Crippen molar-refractivity contribution in [2.45, 2.75) is 76.6 Å². The highest BCUT2D eigenvalue weighted by molar-refractivity contribution is 9.10. The fourth-order valence-electron chi connectivity index (χ4n) is 1.90. The fraction of sp³-hybridized carbons (Fsp3) is 0.929. The van der Waals surface area contributed by atoms with Crippen LogP contribution in [0.2, 0.25) is 18.1 Å². The van der Waals surface area contributed by atoms with Crippen molar-refractivity contribution in [3.63, 3.8) is 0 Å². The summed E-state index contributed by atoms with van der Waals surface area (Å²) < 4.78 is 6.58. The summed E-state index contributed by atoms with van der Waals surface area (Å²) in [7, 11) is -1.85. The highest BCUT2D eigenvalue weighted by atomic mass is 79.9. The quantitative estimate of drug-likeness (QED) is 0.479. The Balaban J connectivity index is 2.92. The molecular weight excluding hydrogens is 322 g/mol. The smallest absolute Gasteiger partial charge is 0.236 e. The van der Waals surface area contributed by atoms with Crippen molar-refractivity contribution >= 4 is 30.2 Å². The summed E-state index contributed by atoms with van der Waals surface area (Å²) >= 11 is 3.47. The average molecular weight is 350 g/mol. The van der Waals surface area contributed by atoms with Gasteiger partial charge in [-0.3, -0.25) is 4.79 Å². The van der Waals surface area contributed by atoms with Gasteiger partial charge in [-0.2, -0.15) is 0 Å². The number of amides is 1. The molecule has 1 fully saturated rings. The topological polar surface area (TPSA) is 38.3 Å². The van der Waals surface area contributed by atoms with Crippen LogP contribution in [0.3, 0.4) is 0 Å². The standard InChI is InChI=1S/C14H28BrNO2Si/c1-13(2,3)11(10-9(15)12(17)16-10)18-19(7,8)14(4,5)6/h9-11H,1-8H3,(H,16,17)/t9-,10+,11+/m0/s1. The van der Waals surface area contributed by atoms with Crippen molar-refractivity contribution < 1.29 is 9.22 Å². The van der Waals surface area contributed by atoms with Crippen LogP contribution in [0.5, 0.6) is 0 Å². The first-order chi connectivity index (χ1) is 8.27. The van der Waals surface area contributed by atoms with Crippen LogP contribution in [0.4, 0.5) is 0 Å². The number of carbonyl (C=O) groups is 1. The molecular formula is C14H28BrNO2Si. The summed E-state index contributed by atoms with van der Waals surface area (Å²) in [4.78, 5) is 11.3. The van der Waals surface area contributed by atoms with Gasteiger partial charge in [-0.25, -0.2) is 0 Å². The van der Waals surface area contributed by atoms with Gasteiger partial charge >= 0.3 is 0 Å². The number of nitrogens with one attached hydrogen (secondary N) is 1. The molecule has 5 heteroatoms. The van der Waals surface area contributed by atoms with Gasteiger partial charge in [0.1, 0.15) is 4.83 Å². The first-order valence-electron chi connectivity index (χ1n) is 6.89. The highest BCUT2D eigenvalue weighted by Gasteiger charge is 2.50. The molecule has 3 atom stereocenters. The number of halogens is 1. The predicted molar refractivity (Wildman–Crippen MR) is 86.2 cm³/mol. The molecule has 1 rings (SSSR count). The number of hydrogen-bond donors (Lipinski definition) is 1. The average Bonchev–Trinajstić information content (AvgIpc) is 2.19. The molecule has 0 aromatic carbocycles. The van der Waals surface area contributed by atoms with E-state index in [1.165, 1.54) is 0 Å². The van der Waals surface area contributed by atoms with Crippen LogP contribution in [-0.2, 0) is 9.22 Å². The fourth-order valence-corrected chi connectivity index (χ4v) is 3.93. The van der Waals surface area contributed by atoms with Crippen molar-refractivity contribution in [2.24, 2.45) is 5.41 Å². The van der Waals surface area contributed by atoms with Gasteiger partial charge in [-0.05, 0) is 23.5 Å². The molecule has 0 aliphatic carbocycles. The molecule has 0 unspecified atom stereocenters. The third-order valence-corrected chi connectivity index (χ3v) is 9.72. The maximum Gasteiger partial charge on any atom is 0.236 e. The molecule has 1 N–H and O–H groups in total. The Hall–Kier alpha value is 0.127. The van der Waals surface area contributed by atoms with E-state index in [-0.39, 0.29) is 33.3 Å². The van der Waals surface area contributed by atoms with Crippen LogP contribution < -0.4 is 5.32 Å². The zero-order valence-corrected chi connectivity index (χ0v) is 16.0. The van der Waals surface area contributed by atoms with Crippen LogP contribution in [-0.4, -0.2) is 31.2 Å². The van der Waals surface area contributed by atoms with Gasteiger partial charge in [-0.15, -0.1) is 0 Å². The van der Waals surface area contributed by atoms with E-state index in [0.29, 0.717) is 0 Å². The van der Waals surface area contributed by atoms with Gasteiger partial charge in [0, 0.05) is 0 Å². The molecule has 0 aromatic heterocycles. The van der Waals surface area contributed by atoms with Crippen LogP contribution in [0.15, 0.2) is 0 Å². The molecule has 112 valence electrons. The van der Waals surface area contributed by atoms with E-state index >= 15 is 0 Å². The van der Waals surface area contributed by atoms with E-state index in [9.17, 15) is 4.79 Å². The van der Waals surface area contributed by atoms with Crippen molar-refractivity contribution in [3.05, 3.63) is 0 Å². The number of alkyl halides is 1. The van der Waals surface area contributed by atoms with Gasteiger partial charge in [0.25, 0.3) is 0 Å². The number of rotatable bonds is 3. The lowest BCUT2D eigenvalue weighted by Crippen LogP contribution is -2.69. The predicted octanol–water partition coefficient (Wildman–Crippen LogP) is 3.68. The minimum absolute atomic E-state index is 0.0000926. The first kappa shape index (κ1) is 17.2. The van der Waals surface area contributed by atoms with E-state index in [0.717, 1.165) is 0 Å². The third kappa shape index (κ3) is 3.61. The number of β-lactam (4-membered cyclic amide) rings is 1. The number of carbonyl (C=O) groups excluding carboxylic acids is 1. The lowest BCUT2D eigenvalue weighted by molar-refractivity contribution is -0.131. The van der Waals surface area contributed by atoms with Crippen molar-refractivity contribution in [1.82, 2.24) is 5.32 Å². The third-order valence-electron chi connectivity index (χ3n) is 4.28. The first-order valence-corrected chi connectivity index (χ1v) is 10.7. The Labute approximate surface area is 127 Å². The Morgan fingerprint density at radius 3 is 1.95 bits per heavy atom. The van der Waals surface area contributed by atoms with E-state index in [4.69, 9.17) is 4.43 Å². The highest BCUT2D eigenvalue weighted by Crippen LogP contribution is 2.41. The van der Waals surface area contributed by atoms with Crippen LogP contribution in [0.25, 0.3) is 0 Å². The molecule has 0 spiro atoms. The lowest BCUT2D eigenvalue weighted by atomic mass is 9.81. The molecule has 0 aromatic rings. The largest absolute Gasteiger partial charge is 0.411 e. The normalized spacial score (nSPS) is 26.7. The molecule has 19 heavy (non-hydrogen) atoms. The molecule has 0 bridgehead atoms. The second kappa shape index (κ2) is 5.15. The monoisotopic (exact) mass is 349 g/mol. The van der Waals surface area contributed by atoms with Crippen LogP contribution in [0.1, 0.15) is 41.5 Å². The second-order valence-corrected chi connectivity index (χ2v) is 13.8. The van der Waals surface area contributed by atoms with Crippen molar-refractivity contribution in [3.8, 4) is 0 Å². The lowest BCUT2D eigenvalue weighted by Gasteiger charge is -2.49. The molecule has 1 heterocycles.